The average Bonchev–Trinajstić information content (AvgIpc) is 3.09. The van der Waals surface area contributed by atoms with Gasteiger partial charge in [0, 0.05) is 17.2 Å². The van der Waals surface area contributed by atoms with Gasteiger partial charge in [-0.3, -0.25) is 9.36 Å². The highest BCUT2D eigenvalue weighted by Crippen LogP contribution is 2.34. The molecule has 4 nitrogen and oxygen atoms in total. The molecule has 2 aromatic heterocycles. The highest BCUT2D eigenvalue weighted by atomic mass is 32.2. The minimum absolute atomic E-state index is 0.0937. The SMILES string of the molecule is C=CCn1c(SCCc2ccc(OC)cc2)nc2sc3c(c2c1=O)CCCC3. The molecule has 0 amide bonds. The lowest BCUT2D eigenvalue weighted by Gasteiger charge is -2.12. The van der Waals surface area contributed by atoms with E-state index in [0.717, 1.165) is 52.6 Å². The molecule has 1 aliphatic carbocycles. The normalized spacial score (nSPS) is 13.5. The summed E-state index contributed by atoms with van der Waals surface area (Å²) in [6.45, 7) is 4.33. The van der Waals surface area contributed by atoms with E-state index in [1.54, 1.807) is 40.9 Å². The molecular weight excluding hydrogens is 388 g/mol. The number of allylic oxidation sites excluding steroid dienone is 1. The van der Waals surface area contributed by atoms with Gasteiger partial charge in [-0.15, -0.1) is 17.9 Å². The molecule has 4 rings (SSSR count). The molecular formula is C22H24N2O2S2. The van der Waals surface area contributed by atoms with Crippen LogP contribution in [0.4, 0.5) is 0 Å². The van der Waals surface area contributed by atoms with Crippen molar-refractivity contribution < 1.29 is 4.74 Å². The maximum atomic E-state index is 13.2. The second kappa shape index (κ2) is 8.53. The molecule has 0 N–H and O–H groups in total. The molecule has 6 heteroatoms. The number of aryl methyl sites for hydroxylation is 3. The molecule has 0 unspecified atom stereocenters. The highest BCUT2D eigenvalue weighted by molar-refractivity contribution is 7.99. The van der Waals surface area contributed by atoms with Crippen LogP contribution in [-0.2, 0) is 25.8 Å². The molecule has 146 valence electrons. The van der Waals surface area contributed by atoms with Crippen LogP contribution < -0.4 is 10.3 Å². The Morgan fingerprint density at radius 3 is 2.82 bits per heavy atom. The van der Waals surface area contributed by atoms with Gasteiger partial charge in [-0.2, -0.15) is 0 Å². The molecule has 0 radical (unpaired) electrons. The van der Waals surface area contributed by atoms with Gasteiger partial charge in [-0.25, -0.2) is 4.98 Å². The van der Waals surface area contributed by atoms with Crippen LogP contribution in [0.3, 0.4) is 0 Å². The van der Waals surface area contributed by atoms with Crippen molar-refractivity contribution in [3.05, 3.63) is 63.3 Å². The molecule has 0 atom stereocenters. The maximum absolute atomic E-state index is 13.2. The molecule has 2 heterocycles. The van der Waals surface area contributed by atoms with Crippen molar-refractivity contribution in [3.8, 4) is 5.75 Å². The number of thioether (sulfide) groups is 1. The Labute approximate surface area is 173 Å². The Hall–Kier alpha value is -2.05. The maximum Gasteiger partial charge on any atom is 0.263 e. The van der Waals surface area contributed by atoms with Gasteiger partial charge in [0.05, 0.1) is 12.5 Å². The second-order valence-electron chi connectivity index (χ2n) is 6.94. The van der Waals surface area contributed by atoms with Crippen molar-refractivity contribution in [1.82, 2.24) is 9.55 Å². The molecule has 28 heavy (non-hydrogen) atoms. The van der Waals surface area contributed by atoms with Crippen molar-refractivity contribution in [2.75, 3.05) is 12.9 Å². The Morgan fingerprint density at radius 1 is 1.29 bits per heavy atom. The number of fused-ring (bicyclic) bond motifs is 3. The van der Waals surface area contributed by atoms with Gasteiger partial charge in [0.15, 0.2) is 5.16 Å². The summed E-state index contributed by atoms with van der Waals surface area (Å²) in [6, 6.07) is 8.13. The molecule has 0 saturated heterocycles. The van der Waals surface area contributed by atoms with E-state index in [0.29, 0.717) is 6.54 Å². The molecule has 0 bridgehead atoms. The van der Waals surface area contributed by atoms with Crippen molar-refractivity contribution in [1.29, 1.82) is 0 Å². The van der Waals surface area contributed by atoms with Crippen molar-refractivity contribution in [3.63, 3.8) is 0 Å². The zero-order valence-electron chi connectivity index (χ0n) is 16.1. The average molecular weight is 413 g/mol. The predicted octanol–water partition coefficient (Wildman–Crippen LogP) is 4.87. The van der Waals surface area contributed by atoms with Gasteiger partial charge in [0.2, 0.25) is 0 Å². The lowest BCUT2D eigenvalue weighted by atomic mass is 9.97. The van der Waals surface area contributed by atoms with Gasteiger partial charge >= 0.3 is 0 Å². The number of nitrogens with zero attached hydrogens (tertiary/aromatic N) is 2. The summed E-state index contributed by atoms with van der Waals surface area (Å²) in [5.74, 6) is 1.73. The number of thiophene rings is 1. The zero-order chi connectivity index (χ0) is 19.5. The van der Waals surface area contributed by atoms with Gasteiger partial charge in [0.25, 0.3) is 5.56 Å². The lowest BCUT2D eigenvalue weighted by molar-refractivity contribution is 0.414. The first-order chi connectivity index (χ1) is 13.7. The van der Waals surface area contributed by atoms with E-state index in [4.69, 9.17) is 9.72 Å². The fourth-order valence-corrected chi connectivity index (χ4v) is 5.97. The molecule has 0 aliphatic heterocycles. The quantitative estimate of drug-likeness (QED) is 0.316. The van der Waals surface area contributed by atoms with Crippen LogP contribution in [-0.4, -0.2) is 22.4 Å². The number of aromatic nitrogens is 2. The molecule has 0 fully saturated rings. The first-order valence-corrected chi connectivity index (χ1v) is 11.4. The summed E-state index contributed by atoms with van der Waals surface area (Å²) in [6.07, 6.45) is 7.16. The Balaban J connectivity index is 1.60. The molecule has 0 spiro atoms. The van der Waals surface area contributed by atoms with E-state index in [-0.39, 0.29) is 5.56 Å². The Morgan fingerprint density at radius 2 is 2.07 bits per heavy atom. The first-order valence-electron chi connectivity index (χ1n) is 9.63. The van der Waals surface area contributed by atoms with E-state index in [1.807, 2.05) is 12.1 Å². The van der Waals surface area contributed by atoms with E-state index < -0.39 is 0 Å². The highest BCUT2D eigenvalue weighted by Gasteiger charge is 2.21. The number of ether oxygens (including phenoxy) is 1. The molecule has 0 saturated carbocycles. The largest absolute Gasteiger partial charge is 0.497 e. The summed E-state index contributed by atoms with van der Waals surface area (Å²) >= 11 is 3.36. The van der Waals surface area contributed by atoms with Crippen LogP contribution in [0.15, 0.2) is 46.9 Å². The number of hydrogen-bond donors (Lipinski definition) is 0. The third kappa shape index (κ3) is 3.76. The van der Waals surface area contributed by atoms with Crippen molar-refractivity contribution in [2.24, 2.45) is 0 Å². The molecule has 1 aliphatic rings. The van der Waals surface area contributed by atoms with Gasteiger partial charge in [0.1, 0.15) is 10.6 Å². The smallest absolute Gasteiger partial charge is 0.263 e. The van der Waals surface area contributed by atoms with Crippen LogP contribution >= 0.6 is 23.1 Å². The Bertz CT molecular complexity index is 1050. The first kappa shape index (κ1) is 19.3. The number of methoxy groups -OCH3 is 1. The minimum Gasteiger partial charge on any atom is -0.497 e. The van der Waals surface area contributed by atoms with Gasteiger partial charge < -0.3 is 4.74 Å². The van der Waals surface area contributed by atoms with Gasteiger partial charge in [-0.05, 0) is 55.4 Å². The predicted molar refractivity (Wildman–Crippen MR) is 118 cm³/mol. The topological polar surface area (TPSA) is 44.1 Å². The fourth-order valence-electron chi connectivity index (χ4n) is 3.67. The number of rotatable bonds is 7. The van der Waals surface area contributed by atoms with E-state index in [9.17, 15) is 4.79 Å². The third-order valence-corrected chi connectivity index (χ3v) is 7.30. The second-order valence-corrected chi connectivity index (χ2v) is 9.08. The minimum atomic E-state index is 0.0937. The zero-order valence-corrected chi connectivity index (χ0v) is 17.7. The van der Waals surface area contributed by atoms with Crippen LogP contribution in [0.1, 0.15) is 28.8 Å². The fraction of sp³-hybridized carbons (Fsp3) is 0.364. The third-order valence-electron chi connectivity index (χ3n) is 5.13. The van der Waals surface area contributed by atoms with E-state index in [2.05, 4.69) is 18.7 Å². The van der Waals surface area contributed by atoms with Crippen LogP contribution in [0.5, 0.6) is 5.75 Å². The summed E-state index contributed by atoms with van der Waals surface area (Å²) < 4.78 is 7.00. The number of hydrogen-bond acceptors (Lipinski definition) is 5. The van der Waals surface area contributed by atoms with E-state index in [1.165, 1.54) is 22.4 Å². The van der Waals surface area contributed by atoms with Crippen LogP contribution in [0, 0.1) is 0 Å². The summed E-state index contributed by atoms with van der Waals surface area (Å²) in [5, 5.41) is 1.64. The summed E-state index contributed by atoms with van der Waals surface area (Å²) in [5.41, 5.74) is 2.59. The van der Waals surface area contributed by atoms with Crippen LogP contribution in [0.2, 0.25) is 0 Å². The Kier molecular flexibility index (Phi) is 5.87. The van der Waals surface area contributed by atoms with Crippen LogP contribution in [0.25, 0.3) is 10.2 Å². The number of benzene rings is 1. The molecule has 1 aromatic carbocycles. The molecule has 3 aromatic rings. The summed E-state index contributed by atoms with van der Waals surface area (Å²) in [4.78, 5) is 20.4. The van der Waals surface area contributed by atoms with Crippen molar-refractivity contribution >= 4 is 33.3 Å². The van der Waals surface area contributed by atoms with Crippen molar-refractivity contribution in [2.45, 2.75) is 43.8 Å². The standard InChI is InChI=1S/C22H24N2O2S2/c1-3-13-24-21(25)19-17-6-4-5-7-18(17)28-20(19)23-22(24)27-14-12-15-8-10-16(26-2)11-9-15/h3,8-11H,1,4-7,12-14H2,2H3. The van der Waals surface area contributed by atoms with Gasteiger partial charge in [-0.1, -0.05) is 30.0 Å². The van der Waals surface area contributed by atoms with E-state index >= 15 is 0 Å². The summed E-state index contributed by atoms with van der Waals surface area (Å²) in [7, 11) is 1.67. The lowest BCUT2D eigenvalue weighted by Crippen LogP contribution is -2.23. The monoisotopic (exact) mass is 412 g/mol.